The van der Waals surface area contributed by atoms with Gasteiger partial charge in [0.05, 0.1) is 11.1 Å². The Hall–Kier alpha value is -0.940. The van der Waals surface area contributed by atoms with Crippen molar-refractivity contribution in [1.82, 2.24) is 4.98 Å². The molecule has 0 amide bonds. The summed E-state index contributed by atoms with van der Waals surface area (Å²) < 4.78 is 26.1. The summed E-state index contributed by atoms with van der Waals surface area (Å²) in [4.78, 5) is 3.81. The fraction of sp³-hybridized carbons (Fsp3) is 0.545. The van der Waals surface area contributed by atoms with E-state index in [-0.39, 0.29) is 25.1 Å². The van der Waals surface area contributed by atoms with Crippen LogP contribution in [0.1, 0.15) is 30.9 Å². The Balaban J connectivity index is 2.20. The molecular formula is C11H13ClF2N2O. The number of nitrogens with zero attached hydrogens (tertiary/aromatic N) is 1. The number of aliphatic hydroxyl groups excluding tert-OH is 1. The summed E-state index contributed by atoms with van der Waals surface area (Å²) in [6.07, 6.45) is 0.0914. The Kier molecular flexibility index (Phi) is 3.23. The average molecular weight is 263 g/mol. The van der Waals surface area contributed by atoms with Gasteiger partial charge < -0.3 is 10.8 Å². The van der Waals surface area contributed by atoms with Gasteiger partial charge in [-0.3, -0.25) is 0 Å². The zero-order valence-electron chi connectivity index (χ0n) is 9.04. The molecule has 1 heterocycles. The second-order valence-electron chi connectivity index (χ2n) is 4.43. The number of aromatic nitrogens is 1. The van der Waals surface area contributed by atoms with Gasteiger partial charge in [-0.1, -0.05) is 11.6 Å². The van der Waals surface area contributed by atoms with Crippen molar-refractivity contribution in [2.45, 2.75) is 31.3 Å². The molecule has 3 N–H and O–H groups in total. The molecule has 6 heteroatoms. The minimum Gasteiger partial charge on any atom is -0.388 e. The van der Waals surface area contributed by atoms with Crippen LogP contribution in [0.2, 0.25) is 5.02 Å². The lowest BCUT2D eigenvalue weighted by atomic mass is 9.94. The van der Waals surface area contributed by atoms with Crippen molar-refractivity contribution >= 4 is 17.4 Å². The van der Waals surface area contributed by atoms with Gasteiger partial charge in [-0.15, -0.1) is 0 Å². The molecule has 2 rings (SSSR count). The third kappa shape index (κ3) is 2.66. The van der Waals surface area contributed by atoms with E-state index >= 15 is 0 Å². The van der Waals surface area contributed by atoms with Crippen LogP contribution in [0.4, 0.5) is 14.6 Å². The molecule has 1 aliphatic carbocycles. The number of rotatable bonds is 2. The molecule has 0 saturated heterocycles. The van der Waals surface area contributed by atoms with Gasteiger partial charge in [0.25, 0.3) is 0 Å². The number of nitrogen functional groups attached to an aromatic ring is 1. The van der Waals surface area contributed by atoms with Crippen molar-refractivity contribution in [3.63, 3.8) is 0 Å². The molecule has 94 valence electrons. The molecule has 1 aromatic heterocycles. The quantitative estimate of drug-likeness (QED) is 0.862. The van der Waals surface area contributed by atoms with Crippen LogP contribution in [0.25, 0.3) is 0 Å². The first-order chi connectivity index (χ1) is 7.89. The summed E-state index contributed by atoms with van der Waals surface area (Å²) in [5.41, 5.74) is 5.94. The van der Waals surface area contributed by atoms with Crippen LogP contribution in [0.5, 0.6) is 0 Å². The average Bonchev–Trinajstić information content (AvgIpc) is 2.61. The molecule has 1 saturated carbocycles. The molecular weight excluding hydrogens is 250 g/mol. The van der Waals surface area contributed by atoms with Gasteiger partial charge in [-0.25, -0.2) is 13.8 Å². The Morgan fingerprint density at radius 1 is 1.59 bits per heavy atom. The van der Waals surface area contributed by atoms with Gasteiger partial charge in [0.2, 0.25) is 5.92 Å². The van der Waals surface area contributed by atoms with Crippen LogP contribution < -0.4 is 5.73 Å². The summed E-state index contributed by atoms with van der Waals surface area (Å²) in [6.45, 7) is 0. The number of aliphatic hydroxyl groups is 1. The summed E-state index contributed by atoms with van der Waals surface area (Å²) >= 11 is 5.75. The highest BCUT2D eigenvalue weighted by atomic mass is 35.5. The minimum atomic E-state index is -2.69. The SMILES string of the molecule is Nc1ncc(Cl)cc1C(O)C1CCC(F)(F)C1. The summed E-state index contributed by atoms with van der Waals surface area (Å²) in [5.74, 6) is -3.04. The first-order valence-corrected chi connectivity index (χ1v) is 5.74. The fourth-order valence-electron chi connectivity index (χ4n) is 2.21. The maximum Gasteiger partial charge on any atom is 0.248 e. The smallest absolute Gasteiger partial charge is 0.248 e. The van der Waals surface area contributed by atoms with Crippen molar-refractivity contribution in [3.8, 4) is 0 Å². The van der Waals surface area contributed by atoms with Crippen molar-refractivity contribution in [2.75, 3.05) is 5.73 Å². The second kappa shape index (κ2) is 4.38. The molecule has 2 unspecified atom stereocenters. The molecule has 2 atom stereocenters. The molecule has 1 fully saturated rings. The predicted octanol–water partition coefficient (Wildman–Crippen LogP) is 2.79. The van der Waals surface area contributed by atoms with Gasteiger partial charge in [0, 0.05) is 24.6 Å². The molecule has 0 radical (unpaired) electrons. The van der Waals surface area contributed by atoms with E-state index in [2.05, 4.69) is 4.98 Å². The Morgan fingerprint density at radius 2 is 2.29 bits per heavy atom. The Labute approximate surface area is 103 Å². The Morgan fingerprint density at radius 3 is 2.88 bits per heavy atom. The highest BCUT2D eigenvalue weighted by molar-refractivity contribution is 6.30. The van der Waals surface area contributed by atoms with E-state index in [9.17, 15) is 13.9 Å². The zero-order valence-corrected chi connectivity index (χ0v) is 9.79. The van der Waals surface area contributed by atoms with Crippen molar-refractivity contribution in [2.24, 2.45) is 5.92 Å². The van der Waals surface area contributed by atoms with E-state index in [4.69, 9.17) is 17.3 Å². The topological polar surface area (TPSA) is 59.1 Å². The summed E-state index contributed by atoms with van der Waals surface area (Å²) in [5, 5.41) is 10.4. The van der Waals surface area contributed by atoms with Gasteiger partial charge in [-0.05, 0) is 18.4 Å². The first-order valence-electron chi connectivity index (χ1n) is 5.36. The Bertz CT molecular complexity index is 428. The molecule has 1 aromatic rings. The van der Waals surface area contributed by atoms with E-state index < -0.39 is 17.9 Å². The first kappa shape index (κ1) is 12.5. The van der Waals surface area contributed by atoms with Crippen molar-refractivity contribution in [1.29, 1.82) is 0 Å². The van der Waals surface area contributed by atoms with E-state index in [0.29, 0.717) is 10.6 Å². The molecule has 3 nitrogen and oxygen atoms in total. The maximum atomic E-state index is 13.1. The molecule has 17 heavy (non-hydrogen) atoms. The number of halogens is 3. The maximum absolute atomic E-state index is 13.1. The number of anilines is 1. The van der Waals surface area contributed by atoms with Crippen molar-refractivity contribution < 1.29 is 13.9 Å². The van der Waals surface area contributed by atoms with Gasteiger partial charge in [0.1, 0.15) is 5.82 Å². The molecule has 0 spiro atoms. The standard InChI is InChI=1S/C11H13ClF2N2O/c12-7-3-8(10(15)16-5-7)9(17)6-1-2-11(13,14)4-6/h3,5-6,9,17H,1-2,4H2,(H2,15,16). The fourth-order valence-corrected chi connectivity index (χ4v) is 2.38. The summed E-state index contributed by atoms with van der Waals surface area (Å²) in [6, 6.07) is 1.48. The summed E-state index contributed by atoms with van der Waals surface area (Å²) in [7, 11) is 0. The minimum absolute atomic E-state index is 0.136. The largest absolute Gasteiger partial charge is 0.388 e. The second-order valence-corrected chi connectivity index (χ2v) is 4.87. The number of alkyl halides is 2. The van der Waals surface area contributed by atoms with Gasteiger partial charge >= 0.3 is 0 Å². The van der Waals surface area contributed by atoms with E-state index in [1.165, 1.54) is 12.3 Å². The zero-order chi connectivity index (χ0) is 12.6. The van der Waals surface area contributed by atoms with Crippen LogP contribution in [0.3, 0.4) is 0 Å². The van der Waals surface area contributed by atoms with Crippen LogP contribution in [0.15, 0.2) is 12.3 Å². The predicted molar refractivity (Wildman–Crippen MR) is 60.9 cm³/mol. The highest BCUT2D eigenvalue weighted by Gasteiger charge is 2.42. The van der Waals surface area contributed by atoms with Gasteiger partial charge in [-0.2, -0.15) is 0 Å². The van der Waals surface area contributed by atoms with E-state index in [1.54, 1.807) is 0 Å². The normalized spacial score (nSPS) is 24.8. The van der Waals surface area contributed by atoms with Crippen molar-refractivity contribution in [3.05, 3.63) is 22.8 Å². The third-order valence-corrected chi connectivity index (χ3v) is 3.33. The highest BCUT2D eigenvalue weighted by Crippen LogP contribution is 2.45. The number of hydrogen-bond acceptors (Lipinski definition) is 3. The van der Waals surface area contributed by atoms with Crippen LogP contribution in [-0.4, -0.2) is 16.0 Å². The van der Waals surface area contributed by atoms with E-state index in [1.807, 2.05) is 0 Å². The lowest BCUT2D eigenvalue weighted by Gasteiger charge is -2.19. The lowest BCUT2D eigenvalue weighted by Crippen LogP contribution is -2.15. The number of hydrogen-bond donors (Lipinski definition) is 2. The van der Waals surface area contributed by atoms with Crippen LogP contribution in [0, 0.1) is 5.92 Å². The lowest BCUT2D eigenvalue weighted by molar-refractivity contribution is -0.00506. The monoisotopic (exact) mass is 262 g/mol. The molecule has 0 bridgehead atoms. The van der Waals surface area contributed by atoms with Crippen LogP contribution in [-0.2, 0) is 0 Å². The molecule has 0 aromatic carbocycles. The van der Waals surface area contributed by atoms with E-state index in [0.717, 1.165) is 0 Å². The third-order valence-electron chi connectivity index (χ3n) is 3.12. The molecule has 1 aliphatic rings. The number of pyridine rings is 1. The van der Waals surface area contributed by atoms with Crippen LogP contribution >= 0.6 is 11.6 Å². The molecule has 0 aliphatic heterocycles. The number of nitrogens with two attached hydrogens (primary N) is 1. The van der Waals surface area contributed by atoms with Gasteiger partial charge in [0.15, 0.2) is 0 Å².